The second kappa shape index (κ2) is 12.2. The van der Waals surface area contributed by atoms with Crippen molar-refractivity contribution in [3.8, 4) is 0 Å². The van der Waals surface area contributed by atoms with Gasteiger partial charge in [-0.05, 0) is 49.9 Å². The number of amides is 2. The Morgan fingerprint density at radius 3 is 2.47 bits per heavy atom. The third kappa shape index (κ3) is 6.79. The molecule has 0 bridgehead atoms. The van der Waals surface area contributed by atoms with E-state index in [1.807, 2.05) is 43.3 Å². The molecule has 0 aliphatic heterocycles. The summed E-state index contributed by atoms with van der Waals surface area (Å²) in [6.45, 7) is 6.69. The Hall–Kier alpha value is -2.93. The lowest BCUT2D eigenvalue weighted by Gasteiger charge is -2.37. The van der Waals surface area contributed by atoms with Gasteiger partial charge in [-0.1, -0.05) is 63.1 Å². The first-order chi connectivity index (χ1) is 15.3. The quantitative estimate of drug-likeness (QED) is 0.357. The molecule has 174 valence electrons. The smallest absolute Gasteiger partial charge is 0.238 e. The molecule has 2 atom stereocenters. The van der Waals surface area contributed by atoms with Crippen LogP contribution in [0.3, 0.4) is 0 Å². The Kier molecular flexibility index (Phi) is 9.65. The number of rotatable bonds is 13. The number of aryl methyl sites for hydroxylation is 2. The first kappa shape index (κ1) is 25.3. The minimum absolute atomic E-state index is 0.226. The van der Waals surface area contributed by atoms with Gasteiger partial charge in [-0.15, -0.1) is 0 Å². The number of nitrogens with two attached hydrogens (primary N) is 2. The molecule has 0 spiro atoms. The van der Waals surface area contributed by atoms with Crippen LogP contribution in [-0.4, -0.2) is 28.9 Å². The van der Waals surface area contributed by atoms with Crippen molar-refractivity contribution < 1.29 is 9.59 Å². The van der Waals surface area contributed by atoms with E-state index in [1.54, 1.807) is 13.0 Å². The average molecular weight is 440 g/mol. The molecule has 2 amide bonds. The molecule has 0 saturated carbocycles. The highest BCUT2D eigenvalue weighted by Gasteiger charge is 2.44. The van der Waals surface area contributed by atoms with Crippen LogP contribution in [0.4, 0.5) is 5.82 Å². The van der Waals surface area contributed by atoms with Gasteiger partial charge in [0.1, 0.15) is 11.4 Å². The average Bonchev–Trinajstić information content (AvgIpc) is 2.78. The van der Waals surface area contributed by atoms with E-state index in [9.17, 15) is 9.59 Å². The van der Waals surface area contributed by atoms with E-state index < -0.39 is 17.4 Å². The van der Waals surface area contributed by atoms with Gasteiger partial charge in [-0.2, -0.15) is 0 Å². The van der Waals surface area contributed by atoms with Gasteiger partial charge in [0.2, 0.25) is 11.8 Å². The van der Waals surface area contributed by atoms with Crippen molar-refractivity contribution in [3.63, 3.8) is 0 Å². The van der Waals surface area contributed by atoms with Crippen LogP contribution in [0.15, 0.2) is 42.5 Å². The minimum Gasteiger partial charge on any atom is -0.384 e. The lowest BCUT2D eigenvalue weighted by atomic mass is 9.78. The van der Waals surface area contributed by atoms with Crippen LogP contribution in [-0.2, 0) is 22.6 Å². The molecule has 0 radical (unpaired) electrons. The van der Waals surface area contributed by atoms with Crippen LogP contribution < -0.4 is 22.1 Å². The standard InChI is InChI=1S/C25H37N5O2/c1-4-5-9-16-29-25(24(27)32,15-14-20-10-7-6-8-11-20)18(2)23(31)28-17-21-12-13-22(26)30-19(21)3/h6-8,10-13,18,29H,4-5,9,14-17H2,1-3H3,(H2,26,30)(H2,27,32)(H,28,31)/t18-,25?/m1/s1. The number of aromatic nitrogens is 1. The van der Waals surface area contributed by atoms with Gasteiger partial charge in [0, 0.05) is 12.2 Å². The molecule has 1 aromatic heterocycles. The number of nitrogens with one attached hydrogen (secondary N) is 2. The summed E-state index contributed by atoms with van der Waals surface area (Å²) in [5.74, 6) is -0.933. The number of carbonyl (C=O) groups excluding carboxylic acids is 2. The monoisotopic (exact) mass is 439 g/mol. The first-order valence-electron chi connectivity index (χ1n) is 11.4. The molecule has 1 aromatic carbocycles. The van der Waals surface area contributed by atoms with E-state index in [0.717, 1.165) is 36.1 Å². The molecule has 0 aliphatic carbocycles. The van der Waals surface area contributed by atoms with Crippen molar-refractivity contribution in [2.45, 2.75) is 65.0 Å². The number of primary amides is 1. The summed E-state index contributed by atoms with van der Waals surface area (Å²) < 4.78 is 0. The van der Waals surface area contributed by atoms with Crippen LogP contribution in [0.5, 0.6) is 0 Å². The highest BCUT2D eigenvalue weighted by molar-refractivity contribution is 5.92. The maximum absolute atomic E-state index is 13.1. The molecule has 0 fully saturated rings. The molecule has 32 heavy (non-hydrogen) atoms. The molecule has 7 heteroatoms. The van der Waals surface area contributed by atoms with Crippen molar-refractivity contribution >= 4 is 17.6 Å². The minimum atomic E-state index is -1.14. The van der Waals surface area contributed by atoms with Crippen molar-refractivity contribution in [1.29, 1.82) is 0 Å². The number of hydrogen-bond donors (Lipinski definition) is 4. The van der Waals surface area contributed by atoms with E-state index in [1.165, 1.54) is 0 Å². The molecule has 2 rings (SSSR count). The lowest BCUT2D eigenvalue weighted by Crippen LogP contribution is -2.63. The van der Waals surface area contributed by atoms with E-state index in [0.29, 0.717) is 31.7 Å². The fourth-order valence-corrected chi connectivity index (χ4v) is 3.91. The van der Waals surface area contributed by atoms with Gasteiger partial charge in [0.05, 0.1) is 5.92 Å². The maximum atomic E-state index is 13.1. The number of pyridine rings is 1. The maximum Gasteiger partial charge on any atom is 0.238 e. The van der Waals surface area contributed by atoms with E-state index in [2.05, 4.69) is 22.5 Å². The Morgan fingerprint density at radius 1 is 1.12 bits per heavy atom. The predicted octanol–water partition coefficient (Wildman–Crippen LogP) is 2.86. The molecular formula is C25H37N5O2. The summed E-state index contributed by atoms with van der Waals surface area (Å²) >= 11 is 0. The van der Waals surface area contributed by atoms with Gasteiger partial charge < -0.3 is 22.1 Å². The molecule has 0 aliphatic rings. The number of carbonyl (C=O) groups is 2. The van der Waals surface area contributed by atoms with Gasteiger partial charge in [0.15, 0.2) is 0 Å². The molecule has 2 aromatic rings. The van der Waals surface area contributed by atoms with E-state index >= 15 is 0 Å². The summed E-state index contributed by atoms with van der Waals surface area (Å²) in [7, 11) is 0. The van der Waals surface area contributed by atoms with Crippen molar-refractivity contribution in [2.75, 3.05) is 12.3 Å². The Balaban J connectivity index is 2.18. The summed E-state index contributed by atoms with van der Waals surface area (Å²) in [5.41, 5.74) is 13.3. The van der Waals surface area contributed by atoms with E-state index in [4.69, 9.17) is 11.5 Å². The van der Waals surface area contributed by atoms with Crippen LogP contribution in [0.2, 0.25) is 0 Å². The molecule has 6 N–H and O–H groups in total. The first-order valence-corrected chi connectivity index (χ1v) is 11.4. The molecule has 1 unspecified atom stereocenters. The molecular weight excluding hydrogens is 402 g/mol. The summed E-state index contributed by atoms with van der Waals surface area (Å²) in [4.78, 5) is 30.2. The van der Waals surface area contributed by atoms with Crippen LogP contribution in [0.1, 0.15) is 56.4 Å². The Morgan fingerprint density at radius 2 is 1.84 bits per heavy atom. The zero-order valence-electron chi connectivity index (χ0n) is 19.5. The largest absolute Gasteiger partial charge is 0.384 e. The highest BCUT2D eigenvalue weighted by Crippen LogP contribution is 2.25. The van der Waals surface area contributed by atoms with Crippen molar-refractivity contribution in [1.82, 2.24) is 15.6 Å². The normalized spacial score (nSPS) is 13.8. The topological polar surface area (TPSA) is 123 Å². The Labute approximate surface area is 191 Å². The van der Waals surface area contributed by atoms with Crippen molar-refractivity contribution in [3.05, 3.63) is 59.3 Å². The zero-order valence-corrected chi connectivity index (χ0v) is 19.5. The summed E-state index contributed by atoms with van der Waals surface area (Å²) in [5, 5.41) is 6.32. The van der Waals surface area contributed by atoms with Gasteiger partial charge in [-0.25, -0.2) is 4.98 Å². The second-order valence-corrected chi connectivity index (χ2v) is 8.38. The second-order valence-electron chi connectivity index (χ2n) is 8.38. The van der Waals surface area contributed by atoms with Crippen LogP contribution in [0, 0.1) is 12.8 Å². The number of hydrogen-bond acceptors (Lipinski definition) is 5. The van der Waals surface area contributed by atoms with Gasteiger partial charge >= 0.3 is 0 Å². The van der Waals surface area contributed by atoms with Crippen LogP contribution in [0.25, 0.3) is 0 Å². The third-order valence-corrected chi connectivity index (χ3v) is 6.11. The molecule has 0 saturated heterocycles. The van der Waals surface area contributed by atoms with Gasteiger partial charge in [0.25, 0.3) is 0 Å². The molecule has 7 nitrogen and oxygen atoms in total. The van der Waals surface area contributed by atoms with Crippen LogP contribution >= 0.6 is 0 Å². The number of nitrogens with zero attached hydrogens (tertiary/aromatic N) is 1. The van der Waals surface area contributed by atoms with Crippen molar-refractivity contribution in [2.24, 2.45) is 11.7 Å². The number of benzene rings is 1. The van der Waals surface area contributed by atoms with E-state index in [-0.39, 0.29) is 5.91 Å². The lowest BCUT2D eigenvalue weighted by molar-refractivity contribution is -0.136. The predicted molar refractivity (Wildman–Crippen MR) is 129 cm³/mol. The SMILES string of the molecule is CCCCCNC(CCc1ccccc1)(C(N)=O)[C@H](C)C(=O)NCc1ccc(N)nc1C. The Bertz CT molecular complexity index is 887. The summed E-state index contributed by atoms with van der Waals surface area (Å²) in [6, 6.07) is 13.5. The molecule has 1 heterocycles. The number of anilines is 1. The third-order valence-electron chi connectivity index (χ3n) is 6.11. The fraction of sp³-hybridized carbons (Fsp3) is 0.480. The summed E-state index contributed by atoms with van der Waals surface area (Å²) in [6.07, 6.45) is 4.12. The highest BCUT2D eigenvalue weighted by atomic mass is 16.2. The van der Waals surface area contributed by atoms with Gasteiger partial charge in [-0.3, -0.25) is 9.59 Å². The zero-order chi connectivity index (χ0) is 23.6. The fourth-order valence-electron chi connectivity index (χ4n) is 3.91. The number of unbranched alkanes of at least 4 members (excludes halogenated alkanes) is 2. The number of nitrogen functional groups attached to an aromatic ring is 1.